The lowest BCUT2D eigenvalue weighted by Crippen LogP contribution is -2.10. The maximum absolute atomic E-state index is 10.6. The minimum atomic E-state index is -0.404. The van der Waals surface area contributed by atoms with E-state index >= 15 is 0 Å². The van der Waals surface area contributed by atoms with E-state index in [-0.39, 0.29) is 5.78 Å². The van der Waals surface area contributed by atoms with E-state index < -0.39 is 6.10 Å². The van der Waals surface area contributed by atoms with Gasteiger partial charge in [0.2, 0.25) is 0 Å². The zero-order chi connectivity index (χ0) is 10.1. The van der Waals surface area contributed by atoms with Crippen molar-refractivity contribution in [2.24, 2.45) is 0 Å². The van der Waals surface area contributed by atoms with Gasteiger partial charge in [-0.05, 0) is 13.3 Å². The predicted octanol–water partition coefficient (Wildman–Crippen LogP) is 2.69. The Labute approximate surface area is 81.3 Å². The van der Waals surface area contributed by atoms with Crippen LogP contribution in [0, 0.1) is 0 Å². The van der Waals surface area contributed by atoms with Gasteiger partial charge in [-0.15, -0.1) is 0 Å². The number of unbranched alkanes of at least 4 members (excludes halogenated alkanes) is 4. The van der Waals surface area contributed by atoms with Crippen molar-refractivity contribution >= 4 is 5.78 Å². The van der Waals surface area contributed by atoms with Gasteiger partial charge in [0, 0.05) is 6.42 Å². The largest absolute Gasteiger partial charge is 0.393 e. The van der Waals surface area contributed by atoms with Crippen molar-refractivity contribution in [2.75, 3.05) is 0 Å². The lowest BCUT2D eigenvalue weighted by Gasteiger charge is -2.07. The number of carbonyl (C=O) groups excluding carboxylic acids is 1. The Hall–Kier alpha value is -0.370. The highest BCUT2D eigenvalue weighted by Gasteiger charge is 2.05. The molecule has 0 fully saturated rings. The molecule has 0 aliphatic rings. The summed E-state index contributed by atoms with van der Waals surface area (Å²) >= 11 is 0. The Bertz CT molecular complexity index is 132. The van der Waals surface area contributed by atoms with E-state index in [4.69, 9.17) is 0 Å². The molecule has 0 radical (unpaired) electrons. The molecule has 0 aromatic carbocycles. The first kappa shape index (κ1) is 12.6. The molecule has 0 aliphatic heterocycles. The Morgan fingerprint density at radius 3 is 2.38 bits per heavy atom. The first-order valence-electron chi connectivity index (χ1n) is 5.34. The van der Waals surface area contributed by atoms with Gasteiger partial charge in [-0.25, -0.2) is 0 Å². The molecule has 0 amide bonds. The van der Waals surface area contributed by atoms with Crippen LogP contribution in [0.25, 0.3) is 0 Å². The molecule has 0 bridgehead atoms. The van der Waals surface area contributed by atoms with Gasteiger partial charge < -0.3 is 5.11 Å². The molecular formula is C11H22O2. The Kier molecular flexibility index (Phi) is 8.00. The third kappa shape index (κ3) is 9.54. The highest BCUT2D eigenvalue weighted by Crippen LogP contribution is 2.09. The van der Waals surface area contributed by atoms with E-state index in [1.54, 1.807) is 0 Å². The van der Waals surface area contributed by atoms with Crippen LogP contribution in [0.1, 0.15) is 58.8 Å². The van der Waals surface area contributed by atoms with Crippen LogP contribution in [-0.4, -0.2) is 17.0 Å². The van der Waals surface area contributed by atoms with Crippen LogP contribution < -0.4 is 0 Å². The van der Waals surface area contributed by atoms with Gasteiger partial charge in [-0.3, -0.25) is 4.79 Å². The molecule has 0 aliphatic carbocycles. The number of carbonyl (C=O) groups is 1. The molecule has 0 heterocycles. The molecule has 1 N–H and O–H groups in total. The third-order valence-electron chi connectivity index (χ3n) is 2.16. The molecule has 0 aromatic heterocycles. The van der Waals surface area contributed by atoms with Gasteiger partial charge >= 0.3 is 0 Å². The monoisotopic (exact) mass is 186 g/mol. The van der Waals surface area contributed by atoms with E-state index in [1.807, 2.05) is 0 Å². The number of aliphatic hydroxyl groups excluding tert-OH is 1. The van der Waals surface area contributed by atoms with Crippen molar-refractivity contribution in [1.29, 1.82) is 0 Å². The fourth-order valence-corrected chi connectivity index (χ4v) is 1.42. The average molecular weight is 186 g/mol. The van der Waals surface area contributed by atoms with Crippen LogP contribution in [0.15, 0.2) is 0 Å². The summed E-state index contributed by atoms with van der Waals surface area (Å²) in [5.41, 5.74) is 0. The SMILES string of the molecule is CCCCCCC[C@@H](O)CC(C)=O. The van der Waals surface area contributed by atoms with Gasteiger partial charge in [-0.1, -0.05) is 39.0 Å². The molecule has 1 atom stereocenters. The summed E-state index contributed by atoms with van der Waals surface area (Å²) in [6, 6.07) is 0. The van der Waals surface area contributed by atoms with Crippen molar-refractivity contribution in [3.05, 3.63) is 0 Å². The highest BCUT2D eigenvalue weighted by molar-refractivity contribution is 5.75. The molecule has 13 heavy (non-hydrogen) atoms. The summed E-state index contributed by atoms with van der Waals surface area (Å²) in [5.74, 6) is 0.0843. The van der Waals surface area contributed by atoms with Crippen molar-refractivity contribution in [3.8, 4) is 0 Å². The Balaban J connectivity index is 3.17. The number of hydrogen-bond donors (Lipinski definition) is 1. The minimum Gasteiger partial charge on any atom is -0.393 e. The van der Waals surface area contributed by atoms with Crippen molar-refractivity contribution in [1.82, 2.24) is 0 Å². The molecule has 0 spiro atoms. The van der Waals surface area contributed by atoms with Gasteiger partial charge in [0.05, 0.1) is 6.10 Å². The van der Waals surface area contributed by atoms with Crippen molar-refractivity contribution in [2.45, 2.75) is 64.9 Å². The van der Waals surface area contributed by atoms with Crippen LogP contribution in [0.5, 0.6) is 0 Å². The maximum atomic E-state index is 10.6. The lowest BCUT2D eigenvalue weighted by atomic mass is 10.1. The van der Waals surface area contributed by atoms with E-state index in [2.05, 4.69) is 6.92 Å². The fourth-order valence-electron chi connectivity index (χ4n) is 1.42. The molecule has 0 aromatic rings. The molecule has 0 saturated carbocycles. The second-order valence-electron chi connectivity index (χ2n) is 3.76. The molecule has 2 nitrogen and oxygen atoms in total. The zero-order valence-corrected chi connectivity index (χ0v) is 8.88. The first-order chi connectivity index (χ1) is 6.16. The van der Waals surface area contributed by atoms with E-state index in [0.717, 1.165) is 12.8 Å². The summed E-state index contributed by atoms with van der Waals surface area (Å²) in [4.78, 5) is 10.6. The number of ketones is 1. The van der Waals surface area contributed by atoms with Crippen LogP contribution >= 0.6 is 0 Å². The quantitative estimate of drug-likeness (QED) is 0.592. The van der Waals surface area contributed by atoms with E-state index in [1.165, 1.54) is 32.6 Å². The van der Waals surface area contributed by atoms with Gasteiger partial charge in [0.25, 0.3) is 0 Å². The highest BCUT2D eigenvalue weighted by atomic mass is 16.3. The minimum absolute atomic E-state index is 0.0843. The summed E-state index contributed by atoms with van der Waals surface area (Å²) in [7, 11) is 0. The summed E-state index contributed by atoms with van der Waals surface area (Å²) in [6.07, 6.45) is 6.72. The number of hydrogen-bond acceptors (Lipinski definition) is 2. The smallest absolute Gasteiger partial charge is 0.132 e. The zero-order valence-electron chi connectivity index (χ0n) is 8.88. The number of Topliss-reactive ketones (excluding diaryl/α,β-unsaturated/α-hetero) is 1. The predicted molar refractivity (Wildman–Crippen MR) is 54.7 cm³/mol. The fraction of sp³-hybridized carbons (Fsp3) is 0.909. The van der Waals surface area contributed by atoms with Crippen LogP contribution in [0.3, 0.4) is 0 Å². The summed E-state index contributed by atoms with van der Waals surface area (Å²) < 4.78 is 0. The Morgan fingerprint density at radius 2 is 1.85 bits per heavy atom. The standard InChI is InChI=1S/C11H22O2/c1-3-4-5-6-7-8-11(13)9-10(2)12/h11,13H,3-9H2,1-2H3/t11-/m1/s1. The maximum Gasteiger partial charge on any atom is 0.132 e. The van der Waals surface area contributed by atoms with Crippen molar-refractivity contribution < 1.29 is 9.90 Å². The van der Waals surface area contributed by atoms with E-state index in [9.17, 15) is 9.90 Å². The molecule has 0 unspecified atom stereocenters. The average Bonchev–Trinajstić information content (AvgIpc) is 2.02. The molecule has 0 rings (SSSR count). The van der Waals surface area contributed by atoms with Crippen molar-refractivity contribution in [3.63, 3.8) is 0 Å². The van der Waals surface area contributed by atoms with Gasteiger partial charge in [-0.2, -0.15) is 0 Å². The number of rotatable bonds is 8. The summed E-state index contributed by atoms with van der Waals surface area (Å²) in [6.45, 7) is 3.71. The molecule has 0 saturated heterocycles. The lowest BCUT2D eigenvalue weighted by molar-refractivity contribution is -0.118. The second-order valence-corrected chi connectivity index (χ2v) is 3.76. The van der Waals surface area contributed by atoms with Crippen LogP contribution in [0.4, 0.5) is 0 Å². The van der Waals surface area contributed by atoms with Gasteiger partial charge in [0.1, 0.15) is 5.78 Å². The molecule has 2 heteroatoms. The van der Waals surface area contributed by atoms with Gasteiger partial charge in [0.15, 0.2) is 0 Å². The van der Waals surface area contributed by atoms with Crippen LogP contribution in [0.2, 0.25) is 0 Å². The number of aliphatic hydroxyl groups is 1. The van der Waals surface area contributed by atoms with Crippen LogP contribution in [-0.2, 0) is 4.79 Å². The molecular weight excluding hydrogens is 164 g/mol. The van der Waals surface area contributed by atoms with E-state index in [0.29, 0.717) is 6.42 Å². The molecule has 78 valence electrons. The third-order valence-corrected chi connectivity index (χ3v) is 2.16. The Morgan fingerprint density at radius 1 is 1.23 bits per heavy atom. The summed E-state index contributed by atoms with van der Waals surface area (Å²) in [5, 5.41) is 9.36. The topological polar surface area (TPSA) is 37.3 Å². The second kappa shape index (κ2) is 8.24. The first-order valence-corrected chi connectivity index (χ1v) is 5.34. The normalized spacial score (nSPS) is 12.8.